The monoisotopic (exact) mass is 480 g/mol. The zero-order valence-electron chi connectivity index (χ0n) is 19.2. The average molecular weight is 481 g/mol. The van der Waals surface area contributed by atoms with E-state index >= 15 is 0 Å². The van der Waals surface area contributed by atoms with Gasteiger partial charge in [0, 0.05) is 25.5 Å². The summed E-state index contributed by atoms with van der Waals surface area (Å²) in [4.78, 5) is 37.8. The number of carbonyl (C=O) groups excluding carboxylic acids is 2. The van der Waals surface area contributed by atoms with Crippen molar-refractivity contribution in [2.75, 3.05) is 33.0 Å². The third-order valence-corrected chi connectivity index (χ3v) is 6.98. The molecule has 0 radical (unpaired) electrons. The zero-order valence-corrected chi connectivity index (χ0v) is 19.2. The Morgan fingerprint density at radius 2 is 1.74 bits per heavy atom. The van der Waals surface area contributed by atoms with Crippen molar-refractivity contribution in [2.24, 2.45) is 0 Å². The predicted octanol–water partition coefficient (Wildman–Crippen LogP) is 2.38. The maximum atomic E-state index is 12.6. The van der Waals surface area contributed by atoms with Gasteiger partial charge in [-0.2, -0.15) is 0 Å². The molecule has 9 heteroatoms. The molecule has 184 valence electrons. The van der Waals surface area contributed by atoms with Crippen LogP contribution >= 0.6 is 0 Å². The number of benzene rings is 2. The Bertz CT molecular complexity index is 1070. The first-order chi connectivity index (χ1) is 17.0. The number of carboxylic acids is 1. The van der Waals surface area contributed by atoms with Crippen molar-refractivity contribution in [3.8, 4) is 11.1 Å². The minimum absolute atomic E-state index is 0.0203. The Hall–Kier alpha value is -3.43. The molecule has 3 aliphatic rings. The molecule has 2 aliphatic heterocycles. The molecule has 0 bridgehead atoms. The van der Waals surface area contributed by atoms with Crippen molar-refractivity contribution in [1.82, 2.24) is 10.2 Å². The van der Waals surface area contributed by atoms with Crippen LogP contribution in [0.2, 0.25) is 0 Å². The highest BCUT2D eigenvalue weighted by molar-refractivity contribution is 5.85. The van der Waals surface area contributed by atoms with E-state index in [9.17, 15) is 19.5 Å². The highest BCUT2D eigenvalue weighted by Crippen LogP contribution is 2.44. The third-order valence-electron chi connectivity index (χ3n) is 6.98. The van der Waals surface area contributed by atoms with Crippen LogP contribution in [0.1, 0.15) is 29.9 Å². The van der Waals surface area contributed by atoms with Crippen molar-refractivity contribution in [3.63, 3.8) is 0 Å². The summed E-state index contributed by atoms with van der Waals surface area (Å²) >= 11 is 0. The van der Waals surface area contributed by atoms with Gasteiger partial charge < -0.3 is 29.5 Å². The molecule has 2 heterocycles. The van der Waals surface area contributed by atoms with Crippen LogP contribution in [-0.2, 0) is 23.8 Å². The summed E-state index contributed by atoms with van der Waals surface area (Å²) in [5.41, 5.74) is 4.60. The fourth-order valence-electron chi connectivity index (χ4n) is 5.43. The number of alkyl carbamates (subject to hydrolysis) is 1. The maximum Gasteiger partial charge on any atom is 0.407 e. The average Bonchev–Trinajstić information content (AvgIpc) is 3.54. The first-order valence-electron chi connectivity index (χ1n) is 11.9. The van der Waals surface area contributed by atoms with Gasteiger partial charge in [0.25, 0.3) is 0 Å². The van der Waals surface area contributed by atoms with E-state index < -0.39 is 18.1 Å². The predicted molar refractivity (Wildman–Crippen MR) is 125 cm³/mol. The molecular weight excluding hydrogens is 452 g/mol. The van der Waals surface area contributed by atoms with Gasteiger partial charge in [0.05, 0.1) is 18.8 Å². The Morgan fingerprint density at radius 3 is 2.43 bits per heavy atom. The molecule has 35 heavy (non-hydrogen) atoms. The van der Waals surface area contributed by atoms with E-state index in [1.165, 1.54) is 4.90 Å². The van der Waals surface area contributed by atoms with Gasteiger partial charge in [-0.15, -0.1) is 0 Å². The number of ether oxygens (including phenoxy) is 3. The molecule has 0 saturated carbocycles. The van der Waals surface area contributed by atoms with Crippen LogP contribution in [0, 0.1) is 0 Å². The van der Waals surface area contributed by atoms with E-state index in [1.54, 1.807) is 0 Å². The number of fused-ring (bicyclic) bond motifs is 4. The standard InChI is InChI=1S/C26H28N2O7/c29-24(28-21-9-11-34-23(21)13-22(28)25(30)31)15-33-12-10-27-26(32)35-14-20-18-7-3-1-5-16(18)17-6-2-4-8-19(17)20/h1-8,20-23H,9-15H2,(H,27,32)(H,30,31)/t21-,22?,23-/m0/s1. The van der Waals surface area contributed by atoms with Gasteiger partial charge in [0.1, 0.15) is 19.3 Å². The summed E-state index contributed by atoms with van der Waals surface area (Å²) in [7, 11) is 0. The highest BCUT2D eigenvalue weighted by Gasteiger charge is 2.49. The quantitative estimate of drug-likeness (QED) is 0.558. The van der Waals surface area contributed by atoms with Gasteiger partial charge in [-0.05, 0) is 28.7 Å². The van der Waals surface area contributed by atoms with Crippen LogP contribution in [-0.4, -0.2) is 79.1 Å². The number of hydrogen-bond donors (Lipinski definition) is 2. The van der Waals surface area contributed by atoms with Gasteiger partial charge >= 0.3 is 12.1 Å². The van der Waals surface area contributed by atoms with Gasteiger partial charge in [-0.1, -0.05) is 48.5 Å². The number of amides is 2. The van der Waals surface area contributed by atoms with Crippen molar-refractivity contribution in [3.05, 3.63) is 59.7 Å². The van der Waals surface area contributed by atoms with Crippen molar-refractivity contribution < 1.29 is 33.7 Å². The number of carboxylic acid groups (broad SMARTS) is 1. The number of rotatable bonds is 8. The molecule has 2 fully saturated rings. The lowest BCUT2D eigenvalue weighted by atomic mass is 9.98. The topological polar surface area (TPSA) is 114 Å². The Morgan fingerprint density at radius 1 is 1.06 bits per heavy atom. The second-order valence-electron chi connectivity index (χ2n) is 8.96. The number of carbonyl (C=O) groups is 3. The molecule has 0 spiro atoms. The molecule has 2 saturated heterocycles. The molecule has 2 aromatic carbocycles. The summed E-state index contributed by atoms with van der Waals surface area (Å²) < 4.78 is 16.4. The lowest BCUT2D eigenvalue weighted by molar-refractivity contribution is -0.151. The fourth-order valence-corrected chi connectivity index (χ4v) is 5.43. The summed E-state index contributed by atoms with van der Waals surface area (Å²) in [6, 6.07) is 15.1. The van der Waals surface area contributed by atoms with E-state index in [4.69, 9.17) is 14.2 Å². The van der Waals surface area contributed by atoms with E-state index in [0.717, 1.165) is 22.3 Å². The molecule has 1 unspecified atom stereocenters. The van der Waals surface area contributed by atoms with Gasteiger partial charge in [-0.25, -0.2) is 9.59 Å². The number of likely N-dealkylation sites (tertiary alicyclic amines) is 1. The maximum absolute atomic E-state index is 12.6. The normalized spacial score (nSPS) is 22.4. The lowest BCUT2D eigenvalue weighted by Crippen LogP contribution is -2.47. The molecule has 2 N–H and O–H groups in total. The van der Waals surface area contributed by atoms with Crippen LogP contribution in [0.5, 0.6) is 0 Å². The molecule has 1 aliphatic carbocycles. The SMILES string of the molecule is O=C(NCCOCC(=O)N1C(C(=O)O)C[C@@H]2OCC[C@@H]21)OCC1c2ccccc2-c2ccccc21. The molecule has 0 aromatic heterocycles. The van der Waals surface area contributed by atoms with E-state index in [2.05, 4.69) is 29.6 Å². The Labute approximate surface area is 203 Å². The van der Waals surface area contributed by atoms with E-state index in [1.807, 2.05) is 24.3 Å². The van der Waals surface area contributed by atoms with Crippen LogP contribution in [0.25, 0.3) is 11.1 Å². The lowest BCUT2D eigenvalue weighted by Gasteiger charge is -2.26. The second-order valence-corrected chi connectivity index (χ2v) is 8.96. The van der Waals surface area contributed by atoms with Crippen LogP contribution in [0.3, 0.4) is 0 Å². The molecule has 2 amide bonds. The molecule has 5 rings (SSSR count). The summed E-state index contributed by atoms with van der Waals surface area (Å²) in [6.45, 7) is 0.763. The smallest absolute Gasteiger partial charge is 0.407 e. The number of nitrogens with one attached hydrogen (secondary N) is 1. The third kappa shape index (κ3) is 4.61. The van der Waals surface area contributed by atoms with Crippen LogP contribution in [0.15, 0.2) is 48.5 Å². The van der Waals surface area contributed by atoms with E-state index in [0.29, 0.717) is 19.4 Å². The Balaban J connectivity index is 1.06. The Kier molecular flexibility index (Phi) is 6.70. The number of hydrogen-bond acceptors (Lipinski definition) is 6. The van der Waals surface area contributed by atoms with Gasteiger partial charge in [-0.3, -0.25) is 4.79 Å². The van der Waals surface area contributed by atoms with Crippen molar-refractivity contribution in [2.45, 2.75) is 36.9 Å². The summed E-state index contributed by atoms with van der Waals surface area (Å²) in [5.74, 6) is -1.43. The second kappa shape index (κ2) is 10.1. The molecule has 9 nitrogen and oxygen atoms in total. The van der Waals surface area contributed by atoms with Crippen molar-refractivity contribution in [1.29, 1.82) is 0 Å². The number of nitrogens with zero attached hydrogens (tertiary/aromatic N) is 1. The minimum Gasteiger partial charge on any atom is -0.480 e. The van der Waals surface area contributed by atoms with Crippen LogP contribution < -0.4 is 5.32 Å². The molecule has 3 atom stereocenters. The first kappa shape index (κ1) is 23.3. The van der Waals surface area contributed by atoms with Gasteiger partial charge in [0.15, 0.2) is 0 Å². The largest absolute Gasteiger partial charge is 0.480 e. The highest BCUT2D eigenvalue weighted by atomic mass is 16.5. The summed E-state index contributed by atoms with van der Waals surface area (Å²) in [6.07, 6.45) is 0.145. The zero-order chi connectivity index (χ0) is 24.4. The minimum atomic E-state index is -1.03. The molecular formula is C26H28N2O7. The number of aliphatic carboxylic acids is 1. The first-order valence-corrected chi connectivity index (χ1v) is 11.9. The van der Waals surface area contributed by atoms with Crippen LogP contribution in [0.4, 0.5) is 4.79 Å². The van der Waals surface area contributed by atoms with Crippen molar-refractivity contribution >= 4 is 18.0 Å². The summed E-state index contributed by atoms with van der Waals surface area (Å²) in [5, 5.41) is 12.1. The fraction of sp³-hybridized carbons (Fsp3) is 0.423. The van der Waals surface area contributed by atoms with Gasteiger partial charge in [0.2, 0.25) is 5.91 Å². The van der Waals surface area contributed by atoms with E-state index in [-0.39, 0.29) is 50.3 Å². The molecule has 2 aromatic rings.